The van der Waals surface area contributed by atoms with Crippen molar-refractivity contribution in [3.63, 3.8) is 0 Å². The molecule has 1 aliphatic carbocycles. The van der Waals surface area contributed by atoms with Gasteiger partial charge in [0.15, 0.2) is 0 Å². The van der Waals surface area contributed by atoms with Gasteiger partial charge in [0.2, 0.25) is 0 Å². The molecule has 3 rings (SSSR count). The van der Waals surface area contributed by atoms with Crippen LogP contribution in [0.25, 0.3) is 0 Å². The molecule has 5 heteroatoms. The summed E-state index contributed by atoms with van der Waals surface area (Å²) in [5, 5.41) is 0. The van der Waals surface area contributed by atoms with E-state index in [-0.39, 0.29) is 11.5 Å². The third-order valence-corrected chi connectivity index (χ3v) is 4.01. The van der Waals surface area contributed by atoms with Crippen molar-refractivity contribution < 1.29 is 14.0 Å². The summed E-state index contributed by atoms with van der Waals surface area (Å²) in [5.41, 5.74) is 8.01. The summed E-state index contributed by atoms with van der Waals surface area (Å²) in [7, 11) is 0. The van der Waals surface area contributed by atoms with Gasteiger partial charge >= 0.3 is 0 Å². The highest BCUT2D eigenvalue weighted by Gasteiger charge is 2.13. The quantitative estimate of drug-likeness (QED) is 0.838. The number of aryl methyl sites for hydroxylation is 2. The fourth-order valence-electron chi connectivity index (χ4n) is 2.73. The van der Waals surface area contributed by atoms with Gasteiger partial charge in [0.25, 0.3) is 11.8 Å². The van der Waals surface area contributed by atoms with Gasteiger partial charge in [0, 0.05) is 11.1 Å². The minimum absolute atomic E-state index is 0.275. The SMILES string of the molecule is O=C(NNC(=O)c1ccc2c(c1)CCCC2)c1ccc(F)cc1. The molecule has 0 unspecified atom stereocenters. The molecule has 2 aromatic rings. The smallest absolute Gasteiger partial charge is 0.267 e. The number of benzene rings is 2. The minimum Gasteiger partial charge on any atom is -0.267 e. The van der Waals surface area contributed by atoms with Crippen LogP contribution in [0.15, 0.2) is 42.5 Å². The topological polar surface area (TPSA) is 58.2 Å². The van der Waals surface area contributed by atoms with Gasteiger partial charge in [-0.05, 0) is 73.2 Å². The fourth-order valence-corrected chi connectivity index (χ4v) is 2.73. The van der Waals surface area contributed by atoms with Crippen LogP contribution in [0.4, 0.5) is 4.39 Å². The molecular formula is C18H17FN2O2. The zero-order valence-electron chi connectivity index (χ0n) is 12.6. The molecule has 0 spiro atoms. The predicted octanol–water partition coefficient (Wildman–Crippen LogP) is 2.78. The first-order valence-electron chi connectivity index (χ1n) is 7.61. The molecule has 1 aliphatic rings. The number of hydrogen-bond acceptors (Lipinski definition) is 2. The van der Waals surface area contributed by atoms with Crippen LogP contribution in [0, 0.1) is 5.82 Å². The molecular weight excluding hydrogens is 295 g/mol. The molecule has 2 aromatic carbocycles. The van der Waals surface area contributed by atoms with E-state index in [1.165, 1.54) is 41.8 Å². The van der Waals surface area contributed by atoms with Crippen molar-refractivity contribution in [2.75, 3.05) is 0 Å². The van der Waals surface area contributed by atoms with Gasteiger partial charge in [-0.25, -0.2) is 4.39 Å². The number of nitrogens with one attached hydrogen (secondary N) is 2. The molecule has 0 heterocycles. The van der Waals surface area contributed by atoms with Crippen LogP contribution in [0.2, 0.25) is 0 Å². The van der Waals surface area contributed by atoms with E-state index in [9.17, 15) is 14.0 Å². The lowest BCUT2D eigenvalue weighted by Crippen LogP contribution is -2.41. The lowest BCUT2D eigenvalue weighted by Gasteiger charge is -2.16. The molecule has 118 valence electrons. The Kier molecular flexibility index (Phi) is 4.37. The third-order valence-electron chi connectivity index (χ3n) is 4.01. The highest BCUT2D eigenvalue weighted by Crippen LogP contribution is 2.22. The number of fused-ring (bicyclic) bond motifs is 1. The monoisotopic (exact) mass is 312 g/mol. The van der Waals surface area contributed by atoms with Gasteiger partial charge in [0.1, 0.15) is 5.82 Å². The maximum absolute atomic E-state index is 12.8. The second-order valence-electron chi connectivity index (χ2n) is 5.61. The molecule has 0 aliphatic heterocycles. The maximum atomic E-state index is 12.8. The van der Waals surface area contributed by atoms with Crippen LogP contribution in [0.1, 0.15) is 44.7 Å². The fraction of sp³-hybridized carbons (Fsp3) is 0.222. The number of hydrogen-bond donors (Lipinski definition) is 2. The molecule has 0 radical (unpaired) electrons. The summed E-state index contributed by atoms with van der Waals surface area (Å²) in [6, 6.07) is 10.7. The Balaban J connectivity index is 1.63. The summed E-state index contributed by atoms with van der Waals surface area (Å²) >= 11 is 0. The van der Waals surface area contributed by atoms with E-state index in [4.69, 9.17) is 0 Å². The van der Waals surface area contributed by atoms with Crippen LogP contribution < -0.4 is 10.9 Å². The Morgan fingerprint density at radius 1 is 0.783 bits per heavy atom. The third kappa shape index (κ3) is 3.56. The number of carbonyl (C=O) groups is 2. The van der Waals surface area contributed by atoms with Crippen molar-refractivity contribution in [3.05, 3.63) is 70.5 Å². The molecule has 23 heavy (non-hydrogen) atoms. The number of hydrazine groups is 1. The highest BCUT2D eigenvalue weighted by molar-refractivity contribution is 5.99. The Hall–Kier alpha value is -2.69. The number of rotatable bonds is 2. The van der Waals surface area contributed by atoms with Crippen LogP contribution in [-0.4, -0.2) is 11.8 Å². The molecule has 0 saturated carbocycles. The Bertz CT molecular complexity index is 741. The Morgan fingerprint density at radius 2 is 1.35 bits per heavy atom. The van der Waals surface area contributed by atoms with Crippen molar-refractivity contribution in [2.24, 2.45) is 0 Å². The lowest BCUT2D eigenvalue weighted by molar-refractivity contribution is 0.0846. The molecule has 2 N–H and O–H groups in total. The highest BCUT2D eigenvalue weighted by atomic mass is 19.1. The average Bonchev–Trinajstić information content (AvgIpc) is 2.59. The molecule has 4 nitrogen and oxygen atoms in total. The lowest BCUT2D eigenvalue weighted by atomic mass is 9.90. The van der Waals surface area contributed by atoms with Gasteiger partial charge < -0.3 is 0 Å². The first kappa shape index (κ1) is 15.2. The van der Waals surface area contributed by atoms with E-state index in [2.05, 4.69) is 10.9 Å². The van der Waals surface area contributed by atoms with Crippen molar-refractivity contribution >= 4 is 11.8 Å². The van der Waals surface area contributed by atoms with E-state index in [0.717, 1.165) is 19.3 Å². The summed E-state index contributed by atoms with van der Waals surface area (Å²) in [5.74, 6) is -1.27. The standard InChI is InChI=1S/C18H17FN2O2/c19-16-9-7-13(8-10-16)17(22)20-21-18(23)15-6-5-12-3-1-2-4-14(12)11-15/h5-11H,1-4H2,(H,20,22)(H,21,23). The normalized spacial score (nSPS) is 13.1. The van der Waals surface area contributed by atoms with E-state index in [1.807, 2.05) is 12.1 Å². The van der Waals surface area contributed by atoms with Crippen molar-refractivity contribution in [1.82, 2.24) is 10.9 Å². The Labute approximate surface area is 133 Å². The van der Waals surface area contributed by atoms with Crippen molar-refractivity contribution in [3.8, 4) is 0 Å². The largest absolute Gasteiger partial charge is 0.269 e. The second kappa shape index (κ2) is 6.60. The molecule has 0 atom stereocenters. The second-order valence-corrected chi connectivity index (χ2v) is 5.61. The minimum atomic E-state index is -0.490. The average molecular weight is 312 g/mol. The molecule has 0 bridgehead atoms. The van der Waals surface area contributed by atoms with Gasteiger partial charge in [0.05, 0.1) is 0 Å². The number of amides is 2. The van der Waals surface area contributed by atoms with Crippen molar-refractivity contribution in [2.45, 2.75) is 25.7 Å². The van der Waals surface area contributed by atoms with Crippen LogP contribution >= 0.6 is 0 Å². The van der Waals surface area contributed by atoms with Crippen LogP contribution in [-0.2, 0) is 12.8 Å². The molecule has 0 saturated heterocycles. The van der Waals surface area contributed by atoms with E-state index < -0.39 is 11.7 Å². The summed E-state index contributed by atoms with van der Waals surface area (Å²) in [4.78, 5) is 24.0. The van der Waals surface area contributed by atoms with Crippen LogP contribution in [0.3, 0.4) is 0 Å². The number of halogens is 1. The zero-order valence-corrected chi connectivity index (χ0v) is 12.6. The van der Waals surface area contributed by atoms with E-state index >= 15 is 0 Å². The summed E-state index contributed by atoms with van der Waals surface area (Å²) in [6.45, 7) is 0. The summed E-state index contributed by atoms with van der Waals surface area (Å²) in [6.07, 6.45) is 4.36. The van der Waals surface area contributed by atoms with Gasteiger partial charge in [-0.3, -0.25) is 20.4 Å². The molecule has 0 aromatic heterocycles. The summed E-state index contributed by atoms with van der Waals surface area (Å²) < 4.78 is 12.8. The van der Waals surface area contributed by atoms with Gasteiger partial charge in [-0.1, -0.05) is 6.07 Å². The molecule has 2 amide bonds. The van der Waals surface area contributed by atoms with Gasteiger partial charge in [-0.2, -0.15) is 0 Å². The molecule has 0 fully saturated rings. The van der Waals surface area contributed by atoms with E-state index in [1.54, 1.807) is 6.07 Å². The zero-order chi connectivity index (χ0) is 16.2. The van der Waals surface area contributed by atoms with E-state index in [0.29, 0.717) is 5.56 Å². The Morgan fingerprint density at radius 3 is 2.04 bits per heavy atom. The van der Waals surface area contributed by atoms with Gasteiger partial charge in [-0.15, -0.1) is 0 Å². The van der Waals surface area contributed by atoms with Crippen LogP contribution in [0.5, 0.6) is 0 Å². The first-order chi connectivity index (χ1) is 11.1. The predicted molar refractivity (Wildman–Crippen MR) is 84.4 cm³/mol. The number of carbonyl (C=O) groups excluding carboxylic acids is 2. The first-order valence-corrected chi connectivity index (χ1v) is 7.61. The maximum Gasteiger partial charge on any atom is 0.269 e. The van der Waals surface area contributed by atoms with Crippen molar-refractivity contribution in [1.29, 1.82) is 0 Å².